The van der Waals surface area contributed by atoms with E-state index in [1.54, 1.807) is 17.5 Å². The van der Waals surface area contributed by atoms with Crippen molar-refractivity contribution in [2.24, 2.45) is 0 Å². The fraction of sp³-hybridized carbons (Fsp3) is 0. The average Bonchev–Trinajstić information content (AvgIpc) is 3.01. The number of barbiturate groups is 1. The molecule has 0 aliphatic carbocycles. The van der Waals surface area contributed by atoms with E-state index in [1.807, 2.05) is 5.38 Å². The number of rotatable bonds is 2. The molecule has 0 radical (unpaired) electrons. The molecule has 2 heterocycles. The quantitative estimate of drug-likeness (QED) is 0.650. The van der Waals surface area contributed by atoms with Crippen LogP contribution in [0.2, 0.25) is 10.0 Å². The highest BCUT2D eigenvalue weighted by molar-refractivity contribution is 7.08. The molecule has 2 aromatic rings. The van der Waals surface area contributed by atoms with E-state index in [9.17, 15) is 14.4 Å². The summed E-state index contributed by atoms with van der Waals surface area (Å²) in [5, 5.41) is 5.98. The van der Waals surface area contributed by atoms with Gasteiger partial charge in [0.25, 0.3) is 11.8 Å². The Morgan fingerprint density at radius 3 is 2.61 bits per heavy atom. The van der Waals surface area contributed by atoms with Gasteiger partial charge in [0.15, 0.2) is 0 Å². The average molecular weight is 367 g/mol. The molecule has 1 aromatic heterocycles. The lowest BCUT2D eigenvalue weighted by molar-refractivity contribution is -0.122. The molecule has 1 saturated heterocycles. The molecule has 1 N–H and O–H groups in total. The van der Waals surface area contributed by atoms with Crippen LogP contribution < -0.4 is 10.2 Å². The number of nitrogens with one attached hydrogen (secondary N) is 1. The van der Waals surface area contributed by atoms with E-state index in [1.165, 1.54) is 29.5 Å². The van der Waals surface area contributed by atoms with Gasteiger partial charge in [-0.25, -0.2) is 9.69 Å². The van der Waals surface area contributed by atoms with Gasteiger partial charge in [0.05, 0.1) is 15.7 Å². The minimum absolute atomic E-state index is 0.0573. The smallest absolute Gasteiger partial charge is 0.273 e. The first-order valence-corrected chi connectivity index (χ1v) is 8.06. The minimum Gasteiger partial charge on any atom is -0.273 e. The molecule has 1 fully saturated rings. The SMILES string of the molecule is O=C1NC(=O)N(c2cccc(Cl)c2Cl)C(=O)/C1=C/c1ccsc1. The van der Waals surface area contributed by atoms with E-state index in [-0.39, 0.29) is 21.3 Å². The summed E-state index contributed by atoms with van der Waals surface area (Å²) in [7, 11) is 0. The number of amides is 4. The van der Waals surface area contributed by atoms with Crippen LogP contribution in [0.15, 0.2) is 40.6 Å². The van der Waals surface area contributed by atoms with Crippen LogP contribution in [0.1, 0.15) is 5.56 Å². The first-order chi connectivity index (χ1) is 11.0. The fourth-order valence-electron chi connectivity index (χ4n) is 2.07. The molecule has 116 valence electrons. The van der Waals surface area contributed by atoms with Crippen molar-refractivity contribution in [1.82, 2.24) is 5.32 Å². The number of hydrogen-bond acceptors (Lipinski definition) is 4. The van der Waals surface area contributed by atoms with Gasteiger partial charge in [-0.3, -0.25) is 14.9 Å². The van der Waals surface area contributed by atoms with Gasteiger partial charge in [-0.1, -0.05) is 29.3 Å². The maximum atomic E-state index is 12.6. The zero-order valence-electron chi connectivity index (χ0n) is 11.4. The lowest BCUT2D eigenvalue weighted by atomic mass is 10.1. The number of hydrogen-bond donors (Lipinski definition) is 1. The van der Waals surface area contributed by atoms with Crippen LogP contribution in [-0.2, 0) is 9.59 Å². The van der Waals surface area contributed by atoms with Gasteiger partial charge in [-0.15, -0.1) is 0 Å². The molecular weight excluding hydrogens is 359 g/mol. The van der Waals surface area contributed by atoms with Crippen LogP contribution in [-0.4, -0.2) is 17.8 Å². The summed E-state index contributed by atoms with van der Waals surface area (Å²) in [5.74, 6) is -1.50. The van der Waals surface area contributed by atoms with Crippen molar-refractivity contribution < 1.29 is 14.4 Å². The normalized spacial score (nSPS) is 16.9. The van der Waals surface area contributed by atoms with Gasteiger partial charge in [-0.05, 0) is 40.6 Å². The number of benzene rings is 1. The molecule has 8 heteroatoms. The van der Waals surface area contributed by atoms with Crippen molar-refractivity contribution in [3.05, 3.63) is 56.2 Å². The van der Waals surface area contributed by atoms with Crippen LogP contribution in [0.25, 0.3) is 6.08 Å². The summed E-state index contributed by atoms with van der Waals surface area (Å²) in [5.41, 5.74) is 0.657. The molecule has 0 saturated carbocycles. The lowest BCUT2D eigenvalue weighted by Gasteiger charge is -2.27. The molecule has 4 amide bonds. The van der Waals surface area contributed by atoms with Gasteiger partial charge < -0.3 is 0 Å². The first kappa shape index (κ1) is 15.7. The van der Waals surface area contributed by atoms with E-state index >= 15 is 0 Å². The third-order valence-corrected chi connectivity index (χ3v) is 4.64. The number of urea groups is 1. The van der Waals surface area contributed by atoms with E-state index in [0.29, 0.717) is 5.56 Å². The number of halogens is 2. The molecule has 1 aliphatic rings. The monoisotopic (exact) mass is 366 g/mol. The Morgan fingerprint density at radius 1 is 1.13 bits per heavy atom. The van der Waals surface area contributed by atoms with E-state index in [0.717, 1.165) is 4.90 Å². The Bertz CT molecular complexity index is 846. The third kappa shape index (κ3) is 2.88. The predicted molar refractivity (Wildman–Crippen MR) is 89.8 cm³/mol. The highest BCUT2D eigenvalue weighted by Gasteiger charge is 2.37. The molecule has 0 unspecified atom stereocenters. The second kappa shape index (κ2) is 6.16. The van der Waals surface area contributed by atoms with Gasteiger partial charge >= 0.3 is 6.03 Å². The van der Waals surface area contributed by atoms with Gasteiger partial charge in [0.2, 0.25) is 0 Å². The molecular formula is C15H8Cl2N2O3S. The third-order valence-electron chi connectivity index (χ3n) is 3.13. The molecule has 0 atom stereocenters. The predicted octanol–water partition coefficient (Wildman–Crippen LogP) is 3.72. The van der Waals surface area contributed by atoms with Crippen molar-refractivity contribution >= 4 is 64.1 Å². The Kier molecular flexibility index (Phi) is 4.21. The largest absolute Gasteiger partial charge is 0.336 e. The Labute approximate surface area is 145 Å². The maximum absolute atomic E-state index is 12.6. The summed E-state index contributed by atoms with van der Waals surface area (Å²) in [6.07, 6.45) is 1.42. The van der Waals surface area contributed by atoms with Crippen LogP contribution in [0, 0.1) is 0 Å². The molecule has 0 spiro atoms. The van der Waals surface area contributed by atoms with Gasteiger partial charge in [0, 0.05) is 0 Å². The summed E-state index contributed by atoms with van der Waals surface area (Å²) in [6.45, 7) is 0. The number of thiophene rings is 1. The number of nitrogens with zero attached hydrogens (tertiary/aromatic N) is 1. The first-order valence-electron chi connectivity index (χ1n) is 6.36. The minimum atomic E-state index is -0.869. The molecule has 0 bridgehead atoms. The number of imide groups is 2. The number of carbonyl (C=O) groups is 3. The zero-order valence-corrected chi connectivity index (χ0v) is 13.7. The highest BCUT2D eigenvalue weighted by atomic mass is 35.5. The summed E-state index contributed by atoms with van der Waals surface area (Å²) < 4.78 is 0. The maximum Gasteiger partial charge on any atom is 0.336 e. The summed E-state index contributed by atoms with van der Waals surface area (Å²) in [4.78, 5) is 37.5. The lowest BCUT2D eigenvalue weighted by Crippen LogP contribution is -2.54. The molecule has 1 aliphatic heterocycles. The summed E-state index contributed by atoms with van der Waals surface area (Å²) in [6, 6.07) is 5.46. The Morgan fingerprint density at radius 2 is 1.91 bits per heavy atom. The van der Waals surface area contributed by atoms with E-state index < -0.39 is 17.8 Å². The molecule has 23 heavy (non-hydrogen) atoms. The van der Waals surface area contributed by atoms with Crippen molar-refractivity contribution in [1.29, 1.82) is 0 Å². The second-order valence-corrected chi connectivity index (χ2v) is 6.15. The van der Waals surface area contributed by atoms with Crippen molar-refractivity contribution in [3.63, 3.8) is 0 Å². The topological polar surface area (TPSA) is 66.5 Å². The second-order valence-electron chi connectivity index (χ2n) is 4.59. The van der Waals surface area contributed by atoms with Crippen LogP contribution in [0.4, 0.5) is 10.5 Å². The molecule has 1 aromatic carbocycles. The van der Waals surface area contributed by atoms with Crippen LogP contribution in [0.5, 0.6) is 0 Å². The number of carbonyl (C=O) groups excluding carboxylic acids is 3. The van der Waals surface area contributed by atoms with Gasteiger partial charge in [0.1, 0.15) is 5.57 Å². The van der Waals surface area contributed by atoms with E-state index in [2.05, 4.69) is 5.32 Å². The standard InChI is InChI=1S/C15H8Cl2N2O3S/c16-10-2-1-3-11(12(10)17)19-14(21)9(13(20)18-15(19)22)6-8-4-5-23-7-8/h1-7H,(H,18,20,22)/b9-6+. The van der Waals surface area contributed by atoms with E-state index in [4.69, 9.17) is 23.2 Å². The highest BCUT2D eigenvalue weighted by Crippen LogP contribution is 2.34. The molecule has 5 nitrogen and oxygen atoms in total. The molecule has 3 rings (SSSR count). The zero-order chi connectivity index (χ0) is 16.6. The number of anilines is 1. The Balaban J connectivity index is 2.07. The van der Waals surface area contributed by atoms with Gasteiger partial charge in [-0.2, -0.15) is 11.3 Å². The van der Waals surface area contributed by atoms with Crippen molar-refractivity contribution in [2.75, 3.05) is 4.90 Å². The van der Waals surface area contributed by atoms with Crippen molar-refractivity contribution in [3.8, 4) is 0 Å². The van der Waals surface area contributed by atoms with Crippen LogP contribution >= 0.6 is 34.5 Å². The summed E-state index contributed by atoms with van der Waals surface area (Å²) >= 11 is 13.4. The van der Waals surface area contributed by atoms with Crippen molar-refractivity contribution in [2.45, 2.75) is 0 Å². The Hall–Kier alpha value is -2.15. The van der Waals surface area contributed by atoms with Crippen LogP contribution in [0.3, 0.4) is 0 Å². The fourth-order valence-corrected chi connectivity index (χ4v) is 3.06.